The van der Waals surface area contributed by atoms with Gasteiger partial charge in [-0.15, -0.1) is 12.4 Å². The van der Waals surface area contributed by atoms with Crippen molar-refractivity contribution in [3.05, 3.63) is 35.9 Å². The van der Waals surface area contributed by atoms with Crippen LogP contribution in [-0.2, 0) is 4.74 Å². The molecule has 4 nitrogen and oxygen atoms in total. The van der Waals surface area contributed by atoms with Crippen LogP contribution in [0.25, 0.3) is 0 Å². The van der Waals surface area contributed by atoms with E-state index < -0.39 is 0 Å². The molecule has 3 rings (SSSR count). The van der Waals surface area contributed by atoms with Crippen molar-refractivity contribution >= 4 is 18.3 Å². The number of hydrogen-bond donors (Lipinski definition) is 2. The van der Waals surface area contributed by atoms with Crippen LogP contribution in [-0.4, -0.2) is 37.2 Å². The van der Waals surface area contributed by atoms with Gasteiger partial charge in [0.05, 0.1) is 11.7 Å². The molecule has 0 saturated carbocycles. The van der Waals surface area contributed by atoms with Crippen molar-refractivity contribution in [2.75, 3.05) is 19.6 Å². The molecule has 1 aromatic rings. The zero-order chi connectivity index (χ0) is 13.8. The molecule has 0 aliphatic carbocycles. The van der Waals surface area contributed by atoms with Gasteiger partial charge in [0.2, 0.25) is 0 Å². The van der Waals surface area contributed by atoms with Gasteiger partial charge in [-0.2, -0.15) is 0 Å². The molecule has 2 fully saturated rings. The van der Waals surface area contributed by atoms with E-state index >= 15 is 0 Å². The summed E-state index contributed by atoms with van der Waals surface area (Å²) in [6.07, 6.45) is 4.61. The van der Waals surface area contributed by atoms with Gasteiger partial charge < -0.3 is 15.4 Å². The van der Waals surface area contributed by atoms with E-state index in [4.69, 9.17) is 4.74 Å². The maximum absolute atomic E-state index is 12.0. The van der Waals surface area contributed by atoms with Gasteiger partial charge in [-0.25, -0.2) is 0 Å². The number of carbonyl (C=O) groups excluding carboxylic acids is 1. The molecule has 1 amide bonds. The second-order valence-corrected chi connectivity index (χ2v) is 5.82. The highest BCUT2D eigenvalue weighted by Crippen LogP contribution is 2.33. The van der Waals surface area contributed by atoms with Crippen LogP contribution in [0.1, 0.15) is 36.0 Å². The molecule has 1 spiro atoms. The minimum atomic E-state index is -0.0154. The Bertz CT molecular complexity index is 461. The first kappa shape index (κ1) is 16.3. The van der Waals surface area contributed by atoms with E-state index in [-0.39, 0.29) is 30.0 Å². The molecule has 0 radical (unpaired) electrons. The topological polar surface area (TPSA) is 50.4 Å². The van der Waals surface area contributed by atoms with Crippen LogP contribution in [0.15, 0.2) is 30.3 Å². The van der Waals surface area contributed by atoms with E-state index in [1.54, 1.807) is 0 Å². The molecule has 0 bridgehead atoms. The lowest BCUT2D eigenvalue weighted by Gasteiger charge is -2.38. The van der Waals surface area contributed by atoms with Crippen LogP contribution in [0.2, 0.25) is 0 Å². The minimum absolute atomic E-state index is 0. The maximum Gasteiger partial charge on any atom is 0.251 e. The monoisotopic (exact) mass is 310 g/mol. The van der Waals surface area contributed by atoms with Gasteiger partial charge in [-0.3, -0.25) is 4.79 Å². The molecular weight excluding hydrogens is 288 g/mol. The van der Waals surface area contributed by atoms with E-state index in [9.17, 15) is 4.79 Å². The first-order valence-corrected chi connectivity index (χ1v) is 7.49. The zero-order valence-electron chi connectivity index (χ0n) is 12.1. The smallest absolute Gasteiger partial charge is 0.251 e. The summed E-state index contributed by atoms with van der Waals surface area (Å²) in [6, 6.07) is 9.34. The van der Waals surface area contributed by atoms with Crippen LogP contribution in [0.3, 0.4) is 0 Å². The van der Waals surface area contributed by atoms with Gasteiger partial charge in [0, 0.05) is 18.7 Å². The minimum Gasteiger partial charge on any atom is -0.369 e. The highest BCUT2D eigenvalue weighted by molar-refractivity contribution is 5.94. The van der Waals surface area contributed by atoms with Crippen molar-refractivity contribution in [2.45, 2.75) is 37.4 Å². The Morgan fingerprint density at radius 3 is 2.86 bits per heavy atom. The van der Waals surface area contributed by atoms with Crippen LogP contribution >= 0.6 is 12.4 Å². The van der Waals surface area contributed by atoms with E-state index in [1.165, 1.54) is 6.42 Å². The predicted molar refractivity (Wildman–Crippen MR) is 85.0 cm³/mol. The largest absolute Gasteiger partial charge is 0.369 e. The Balaban J connectivity index is 0.00000161. The van der Waals surface area contributed by atoms with Crippen molar-refractivity contribution in [1.82, 2.24) is 10.6 Å². The van der Waals surface area contributed by atoms with Gasteiger partial charge in [0.15, 0.2) is 0 Å². The highest BCUT2D eigenvalue weighted by Gasteiger charge is 2.39. The molecule has 2 saturated heterocycles. The van der Waals surface area contributed by atoms with E-state index in [0.29, 0.717) is 12.1 Å². The molecule has 0 aromatic heterocycles. The van der Waals surface area contributed by atoms with Crippen molar-refractivity contribution < 1.29 is 9.53 Å². The third-order valence-corrected chi connectivity index (χ3v) is 4.31. The summed E-state index contributed by atoms with van der Waals surface area (Å²) in [5.41, 5.74) is 0.737. The normalized spacial score (nSPS) is 28.1. The summed E-state index contributed by atoms with van der Waals surface area (Å²) in [5, 5.41) is 6.37. The molecule has 2 heterocycles. The molecule has 2 aliphatic heterocycles. The summed E-state index contributed by atoms with van der Waals surface area (Å²) >= 11 is 0. The molecule has 116 valence electrons. The zero-order valence-corrected chi connectivity index (χ0v) is 13.0. The fourth-order valence-electron chi connectivity index (χ4n) is 3.20. The number of ether oxygens (including phenoxy) is 1. The van der Waals surface area contributed by atoms with Gasteiger partial charge in [-0.1, -0.05) is 18.2 Å². The summed E-state index contributed by atoms with van der Waals surface area (Å²) in [7, 11) is 0. The van der Waals surface area contributed by atoms with Crippen molar-refractivity contribution in [1.29, 1.82) is 0 Å². The average Bonchev–Trinajstić information content (AvgIpc) is 2.93. The van der Waals surface area contributed by atoms with Crippen LogP contribution in [0.4, 0.5) is 0 Å². The van der Waals surface area contributed by atoms with Crippen molar-refractivity contribution in [3.63, 3.8) is 0 Å². The first-order chi connectivity index (χ1) is 9.77. The summed E-state index contributed by atoms with van der Waals surface area (Å²) < 4.78 is 6.24. The van der Waals surface area contributed by atoms with Gasteiger partial charge in [-0.05, 0) is 44.4 Å². The standard InChI is InChI=1S/C16H22N2O2.ClH/c19-15(13-5-2-1-3-6-13)18-11-14-7-4-8-16(20-14)9-10-17-12-16;/h1-3,5-6,14,17H,4,7-12H2,(H,18,19);1H/t14-,16-;/m1./s1. The Morgan fingerprint density at radius 1 is 1.33 bits per heavy atom. The number of rotatable bonds is 3. The molecule has 2 aliphatic rings. The molecule has 1 aromatic carbocycles. The number of carbonyl (C=O) groups is 1. The van der Waals surface area contributed by atoms with Crippen molar-refractivity contribution in [3.8, 4) is 0 Å². The fourth-order valence-corrected chi connectivity index (χ4v) is 3.20. The second kappa shape index (κ2) is 7.25. The summed E-state index contributed by atoms with van der Waals surface area (Å²) in [6.45, 7) is 2.61. The Hall–Kier alpha value is -1.10. The van der Waals surface area contributed by atoms with Gasteiger partial charge in [0.25, 0.3) is 5.91 Å². The number of benzene rings is 1. The van der Waals surface area contributed by atoms with Gasteiger partial charge in [0.1, 0.15) is 0 Å². The third-order valence-electron chi connectivity index (χ3n) is 4.31. The Kier molecular flexibility index (Phi) is 5.62. The van der Waals surface area contributed by atoms with Gasteiger partial charge >= 0.3 is 0 Å². The number of halogens is 1. The number of amides is 1. The lowest BCUT2D eigenvalue weighted by Crippen LogP contribution is -2.46. The third kappa shape index (κ3) is 3.96. The fraction of sp³-hybridized carbons (Fsp3) is 0.562. The van der Waals surface area contributed by atoms with Crippen LogP contribution in [0, 0.1) is 0 Å². The number of nitrogens with one attached hydrogen (secondary N) is 2. The molecule has 21 heavy (non-hydrogen) atoms. The highest BCUT2D eigenvalue weighted by atomic mass is 35.5. The first-order valence-electron chi connectivity index (χ1n) is 7.49. The lowest BCUT2D eigenvalue weighted by molar-refractivity contribution is -0.113. The molecular formula is C16H23ClN2O2. The van der Waals surface area contributed by atoms with E-state index in [2.05, 4.69) is 10.6 Å². The summed E-state index contributed by atoms with van der Waals surface area (Å²) in [5.74, 6) is -0.0154. The molecule has 2 atom stereocenters. The predicted octanol–water partition coefficient (Wildman–Crippen LogP) is 2.14. The Morgan fingerprint density at radius 2 is 2.14 bits per heavy atom. The lowest BCUT2D eigenvalue weighted by atomic mass is 9.90. The van der Waals surface area contributed by atoms with Crippen molar-refractivity contribution in [2.24, 2.45) is 0 Å². The molecule has 2 N–H and O–H groups in total. The SMILES string of the molecule is Cl.O=C(NC[C@H]1CCC[C@]2(CCNC2)O1)c1ccccc1. The quantitative estimate of drug-likeness (QED) is 0.899. The second-order valence-electron chi connectivity index (χ2n) is 5.82. The summed E-state index contributed by atoms with van der Waals surface area (Å²) in [4.78, 5) is 12.0. The van der Waals surface area contributed by atoms with E-state index in [0.717, 1.165) is 32.4 Å². The van der Waals surface area contributed by atoms with Crippen LogP contribution in [0.5, 0.6) is 0 Å². The maximum atomic E-state index is 12.0. The Labute approximate surface area is 132 Å². The average molecular weight is 311 g/mol. The van der Waals surface area contributed by atoms with E-state index in [1.807, 2.05) is 30.3 Å². The van der Waals surface area contributed by atoms with Crippen LogP contribution < -0.4 is 10.6 Å². The number of hydrogen-bond acceptors (Lipinski definition) is 3. The molecule has 0 unspecified atom stereocenters. The molecule has 5 heteroatoms.